The quantitative estimate of drug-likeness (QED) is 0.630. The molecule has 2 heteroatoms. The highest BCUT2D eigenvalue weighted by Crippen LogP contribution is 1.79. The molecule has 70 valence electrons. The van der Waals surface area contributed by atoms with Crippen molar-refractivity contribution in [2.24, 2.45) is 0 Å². The second-order valence-electron chi connectivity index (χ2n) is 1.97. The summed E-state index contributed by atoms with van der Waals surface area (Å²) in [6.45, 7) is 0. The molecule has 0 aliphatic heterocycles. The molecule has 0 nitrogen and oxygen atoms in total. The maximum atomic E-state index is 2.04. The summed E-state index contributed by atoms with van der Waals surface area (Å²) >= 11 is 3.50. The molecular weight excluding hydrogens is 184 g/mol. The Morgan fingerprint density at radius 3 is 0.667 bits per heavy atom. The topological polar surface area (TPSA) is 0 Å². The molecule has 0 saturated heterocycles. The van der Waals surface area contributed by atoms with Gasteiger partial charge in [0.05, 0.1) is 0 Å². The van der Waals surface area contributed by atoms with E-state index in [2.05, 4.69) is 0 Å². The highest BCUT2D eigenvalue weighted by Gasteiger charge is 1.57. The van der Waals surface area contributed by atoms with Gasteiger partial charge in [0.15, 0.2) is 0 Å². The standard InChI is InChI=1S/C6H6.2C2H6S/c1-2-4-6-5-3-1;2*1-3-2/h1-6H;2*1-2H3. The van der Waals surface area contributed by atoms with Gasteiger partial charge in [-0.3, -0.25) is 0 Å². The number of hydrogen-bond acceptors (Lipinski definition) is 2. The molecule has 0 aliphatic rings. The highest BCUT2D eigenvalue weighted by atomic mass is 32.2. The van der Waals surface area contributed by atoms with Gasteiger partial charge in [0.1, 0.15) is 0 Å². The predicted octanol–water partition coefficient (Wildman–Crippen LogP) is 3.65. The second-order valence-corrected chi connectivity index (χ2v) is 3.60. The van der Waals surface area contributed by atoms with Gasteiger partial charge in [-0.05, 0) is 25.0 Å². The van der Waals surface area contributed by atoms with E-state index in [-0.39, 0.29) is 0 Å². The maximum Gasteiger partial charge on any atom is -0.0187 e. The van der Waals surface area contributed by atoms with Gasteiger partial charge in [-0.1, -0.05) is 36.4 Å². The second kappa shape index (κ2) is 17.1. The molecule has 0 bridgehead atoms. The van der Waals surface area contributed by atoms with Crippen molar-refractivity contribution in [3.63, 3.8) is 0 Å². The minimum Gasteiger partial charge on any atom is -0.169 e. The van der Waals surface area contributed by atoms with E-state index in [0.717, 1.165) is 0 Å². The number of hydrogen-bond donors (Lipinski definition) is 0. The lowest BCUT2D eigenvalue weighted by Crippen LogP contribution is -1.47. The molecule has 0 atom stereocenters. The molecule has 0 heterocycles. The fraction of sp³-hybridized carbons (Fsp3) is 0.400. The summed E-state index contributed by atoms with van der Waals surface area (Å²) in [7, 11) is 0. The first-order valence-electron chi connectivity index (χ1n) is 3.63. The summed E-state index contributed by atoms with van der Waals surface area (Å²) in [5, 5.41) is 0. The van der Waals surface area contributed by atoms with E-state index in [1.54, 1.807) is 23.5 Å². The van der Waals surface area contributed by atoms with Crippen molar-refractivity contribution in [2.75, 3.05) is 25.0 Å². The van der Waals surface area contributed by atoms with Gasteiger partial charge in [-0.25, -0.2) is 0 Å². The van der Waals surface area contributed by atoms with Crippen molar-refractivity contribution in [3.05, 3.63) is 36.4 Å². The van der Waals surface area contributed by atoms with Crippen LogP contribution in [-0.2, 0) is 0 Å². The molecule has 0 amide bonds. The van der Waals surface area contributed by atoms with Crippen LogP contribution in [0.1, 0.15) is 0 Å². The molecule has 0 spiro atoms. The zero-order valence-electron chi connectivity index (χ0n) is 8.28. The fourth-order valence-electron chi connectivity index (χ4n) is 0.385. The molecular formula is C10H18S2. The van der Waals surface area contributed by atoms with Crippen LogP contribution in [0.3, 0.4) is 0 Å². The van der Waals surface area contributed by atoms with Crippen molar-refractivity contribution < 1.29 is 0 Å². The number of thioether (sulfide) groups is 2. The van der Waals surface area contributed by atoms with Gasteiger partial charge in [0, 0.05) is 0 Å². The van der Waals surface area contributed by atoms with E-state index in [1.807, 2.05) is 61.4 Å². The van der Waals surface area contributed by atoms with E-state index in [9.17, 15) is 0 Å². The first-order chi connectivity index (χ1) is 5.83. The van der Waals surface area contributed by atoms with Gasteiger partial charge >= 0.3 is 0 Å². The predicted molar refractivity (Wildman–Crippen MR) is 65.3 cm³/mol. The number of benzene rings is 1. The van der Waals surface area contributed by atoms with Crippen LogP contribution in [-0.4, -0.2) is 25.0 Å². The van der Waals surface area contributed by atoms with Gasteiger partial charge < -0.3 is 0 Å². The Balaban J connectivity index is 0. The first-order valence-corrected chi connectivity index (χ1v) is 6.90. The Bertz CT molecular complexity index is 99.8. The van der Waals surface area contributed by atoms with Gasteiger partial charge in [0.2, 0.25) is 0 Å². The lowest BCUT2D eigenvalue weighted by molar-refractivity contribution is 1.72. The molecule has 0 aliphatic carbocycles. The molecule has 0 saturated carbocycles. The summed E-state index contributed by atoms with van der Waals surface area (Å²) in [6, 6.07) is 12.0. The van der Waals surface area contributed by atoms with Crippen molar-refractivity contribution in [2.45, 2.75) is 0 Å². The highest BCUT2D eigenvalue weighted by molar-refractivity contribution is 7.98. The van der Waals surface area contributed by atoms with Gasteiger partial charge in [0.25, 0.3) is 0 Å². The van der Waals surface area contributed by atoms with E-state index in [1.165, 1.54) is 0 Å². The van der Waals surface area contributed by atoms with Crippen LogP contribution in [0.2, 0.25) is 0 Å². The van der Waals surface area contributed by atoms with Crippen LogP contribution >= 0.6 is 23.5 Å². The van der Waals surface area contributed by atoms with Crippen molar-refractivity contribution >= 4 is 23.5 Å². The molecule has 12 heavy (non-hydrogen) atoms. The molecule has 1 aromatic rings. The third-order valence-corrected chi connectivity index (χ3v) is 0.667. The zero-order valence-corrected chi connectivity index (χ0v) is 9.91. The molecule has 0 radical (unpaired) electrons. The Labute approximate surface area is 85.1 Å². The molecule has 1 rings (SSSR count). The van der Waals surface area contributed by atoms with E-state index in [0.29, 0.717) is 0 Å². The van der Waals surface area contributed by atoms with Crippen molar-refractivity contribution in [1.82, 2.24) is 0 Å². The Kier molecular flexibility index (Phi) is 20.6. The Hall–Kier alpha value is -0.0800. The normalized spacial score (nSPS) is 7.00. The zero-order chi connectivity index (χ0) is 9.66. The van der Waals surface area contributed by atoms with Crippen LogP contribution in [0.25, 0.3) is 0 Å². The SMILES string of the molecule is CSC.CSC.c1ccccc1. The van der Waals surface area contributed by atoms with E-state index >= 15 is 0 Å². The van der Waals surface area contributed by atoms with Crippen LogP contribution in [0.4, 0.5) is 0 Å². The monoisotopic (exact) mass is 202 g/mol. The molecule has 0 N–H and O–H groups in total. The summed E-state index contributed by atoms with van der Waals surface area (Å²) in [5.41, 5.74) is 0. The molecule has 0 fully saturated rings. The summed E-state index contributed by atoms with van der Waals surface area (Å²) in [4.78, 5) is 0. The van der Waals surface area contributed by atoms with Gasteiger partial charge in [-0.15, -0.1) is 0 Å². The van der Waals surface area contributed by atoms with Gasteiger partial charge in [-0.2, -0.15) is 23.5 Å². The lowest BCUT2D eigenvalue weighted by atomic mass is 10.4. The molecule has 0 unspecified atom stereocenters. The average molecular weight is 202 g/mol. The average Bonchev–Trinajstić information content (AvgIpc) is 2.10. The lowest BCUT2D eigenvalue weighted by Gasteiger charge is -1.69. The number of rotatable bonds is 0. The van der Waals surface area contributed by atoms with Crippen LogP contribution in [0.15, 0.2) is 36.4 Å². The van der Waals surface area contributed by atoms with Crippen molar-refractivity contribution in [3.8, 4) is 0 Å². The Morgan fingerprint density at radius 1 is 0.500 bits per heavy atom. The smallest absolute Gasteiger partial charge is 0.0187 e. The fourth-order valence-corrected chi connectivity index (χ4v) is 0.385. The molecule has 0 aromatic heterocycles. The van der Waals surface area contributed by atoms with Crippen LogP contribution in [0.5, 0.6) is 0 Å². The Morgan fingerprint density at radius 2 is 0.583 bits per heavy atom. The summed E-state index contributed by atoms with van der Waals surface area (Å²) in [5.74, 6) is 0. The minimum atomic E-state index is 1.75. The maximum absolute atomic E-state index is 2.04. The van der Waals surface area contributed by atoms with Crippen LogP contribution in [0, 0.1) is 0 Å². The van der Waals surface area contributed by atoms with E-state index < -0.39 is 0 Å². The summed E-state index contributed by atoms with van der Waals surface area (Å²) < 4.78 is 0. The third kappa shape index (κ3) is 22.5. The minimum absolute atomic E-state index is 1.75. The van der Waals surface area contributed by atoms with Crippen molar-refractivity contribution in [1.29, 1.82) is 0 Å². The first kappa shape index (κ1) is 14.4. The third-order valence-electron chi connectivity index (χ3n) is 0.667. The van der Waals surface area contributed by atoms with E-state index in [4.69, 9.17) is 0 Å². The largest absolute Gasteiger partial charge is 0.169 e. The van der Waals surface area contributed by atoms with Crippen LogP contribution < -0.4 is 0 Å². The molecule has 1 aromatic carbocycles. The summed E-state index contributed by atoms with van der Waals surface area (Å²) in [6.07, 6.45) is 8.17.